The van der Waals surface area contributed by atoms with Crippen molar-refractivity contribution >= 4 is 12.0 Å². The lowest BCUT2D eigenvalue weighted by Crippen LogP contribution is -2.22. The van der Waals surface area contributed by atoms with Crippen LogP contribution in [0.4, 0.5) is 0 Å². The number of hydrogen-bond donors (Lipinski definition) is 0. The highest BCUT2D eigenvalue weighted by molar-refractivity contribution is 5.90. The van der Waals surface area contributed by atoms with Gasteiger partial charge in [-0.15, -0.1) is 0 Å². The fourth-order valence-electron chi connectivity index (χ4n) is 1.69. The minimum Gasteiger partial charge on any atom is -0.274 e. The first-order valence-electron chi connectivity index (χ1n) is 6.25. The Labute approximate surface area is 118 Å². The molecule has 0 spiro atoms. The molecule has 0 saturated heterocycles. The second-order valence-electron chi connectivity index (χ2n) is 4.31. The summed E-state index contributed by atoms with van der Waals surface area (Å²) in [6, 6.07) is 10.1. The standard InChI is InChI=1S/C15H17N3O2/c1-17(20-2)15(19)9-8-14-10-16-18(12-14)11-13-6-4-3-5-7-13/h3-10,12H,11H2,1-2H3/b9-8+. The highest BCUT2D eigenvalue weighted by atomic mass is 16.7. The zero-order valence-electron chi connectivity index (χ0n) is 11.6. The Kier molecular flexibility index (Phi) is 4.68. The minimum atomic E-state index is -0.219. The fourth-order valence-corrected chi connectivity index (χ4v) is 1.69. The van der Waals surface area contributed by atoms with Crippen LogP contribution in [0, 0.1) is 0 Å². The Bertz CT molecular complexity index is 590. The predicted octanol–water partition coefficient (Wildman–Crippen LogP) is 1.96. The average molecular weight is 271 g/mol. The summed E-state index contributed by atoms with van der Waals surface area (Å²) in [7, 11) is 3.01. The first kappa shape index (κ1) is 14.0. The van der Waals surface area contributed by atoms with Crippen molar-refractivity contribution in [2.45, 2.75) is 6.54 Å². The van der Waals surface area contributed by atoms with Crippen molar-refractivity contribution in [3.8, 4) is 0 Å². The molecule has 5 heteroatoms. The van der Waals surface area contributed by atoms with E-state index in [0.717, 1.165) is 10.6 Å². The number of rotatable bonds is 5. The number of carbonyl (C=O) groups excluding carboxylic acids is 1. The van der Waals surface area contributed by atoms with E-state index in [1.165, 1.54) is 18.7 Å². The molecular formula is C15H17N3O2. The van der Waals surface area contributed by atoms with E-state index in [0.29, 0.717) is 6.54 Å². The molecule has 2 rings (SSSR count). The van der Waals surface area contributed by atoms with E-state index in [9.17, 15) is 4.79 Å². The van der Waals surface area contributed by atoms with Gasteiger partial charge in [-0.25, -0.2) is 5.06 Å². The van der Waals surface area contributed by atoms with Gasteiger partial charge in [0.1, 0.15) is 0 Å². The fraction of sp³-hybridized carbons (Fsp3) is 0.200. The Morgan fingerprint density at radius 3 is 2.85 bits per heavy atom. The van der Waals surface area contributed by atoms with Crippen molar-refractivity contribution < 1.29 is 9.63 Å². The second-order valence-corrected chi connectivity index (χ2v) is 4.31. The molecule has 20 heavy (non-hydrogen) atoms. The van der Waals surface area contributed by atoms with Crippen LogP contribution in [-0.2, 0) is 16.2 Å². The topological polar surface area (TPSA) is 47.4 Å². The van der Waals surface area contributed by atoms with Gasteiger partial charge in [0.05, 0.1) is 19.9 Å². The average Bonchev–Trinajstić information content (AvgIpc) is 2.92. The van der Waals surface area contributed by atoms with Crippen LogP contribution in [0.5, 0.6) is 0 Å². The molecule has 0 aliphatic rings. The number of carbonyl (C=O) groups is 1. The largest absolute Gasteiger partial charge is 0.274 e. The smallest absolute Gasteiger partial charge is 0.269 e. The van der Waals surface area contributed by atoms with E-state index >= 15 is 0 Å². The summed E-state index contributed by atoms with van der Waals surface area (Å²) < 4.78 is 1.83. The maximum absolute atomic E-state index is 11.5. The van der Waals surface area contributed by atoms with Crippen molar-refractivity contribution in [2.24, 2.45) is 0 Å². The van der Waals surface area contributed by atoms with Crippen LogP contribution in [0.15, 0.2) is 48.8 Å². The van der Waals surface area contributed by atoms with Crippen LogP contribution >= 0.6 is 0 Å². The lowest BCUT2D eigenvalue weighted by Gasteiger charge is -2.09. The summed E-state index contributed by atoms with van der Waals surface area (Å²) in [6.45, 7) is 0.709. The van der Waals surface area contributed by atoms with Crippen molar-refractivity contribution in [3.63, 3.8) is 0 Å². The van der Waals surface area contributed by atoms with Gasteiger partial charge in [0.15, 0.2) is 0 Å². The van der Waals surface area contributed by atoms with E-state index in [1.807, 2.05) is 41.2 Å². The molecule has 0 radical (unpaired) electrons. The summed E-state index contributed by atoms with van der Waals surface area (Å²) in [5.41, 5.74) is 2.06. The molecule has 0 aliphatic carbocycles. The summed E-state index contributed by atoms with van der Waals surface area (Å²) >= 11 is 0. The Balaban J connectivity index is 1.99. The van der Waals surface area contributed by atoms with Gasteiger partial charge in [-0.3, -0.25) is 14.3 Å². The number of benzene rings is 1. The third-order valence-corrected chi connectivity index (χ3v) is 2.84. The lowest BCUT2D eigenvalue weighted by molar-refractivity contribution is -0.162. The van der Waals surface area contributed by atoms with Gasteiger partial charge < -0.3 is 0 Å². The first-order valence-corrected chi connectivity index (χ1v) is 6.25. The molecule has 1 heterocycles. The maximum Gasteiger partial charge on any atom is 0.269 e. The SMILES string of the molecule is CON(C)C(=O)/C=C/c1cnn(Cc2ccccc2)c1. The number of hydrogen-bond acceptors (Lipinski definition) is 3. The Hall–Kier alpha value is -2.40. The molecule has 0 fully saturated rings. The number of aromatic nitrogens is 2. The molecule has 0 bridgehead atoms. The first-order chi connectivity index (χ1) is 9.69. The lowest BCUT2D eigenvalue weighted by atomic mass is 10.2. The van der Waals surface area contributed by atoms with Crippen LogP contribution in [0.25, 0.3) is 6.08 Å². The van der Waals surface area contributed by atoms with E-state index < -0.39 is 0 Å². The number of nitrogens with zero attached hydrogens (tertiary/aromatic N) is 3. The molecule has 0 atom stereocenters. The third-order valence-electron chi connectivity index (χ3n) is 2.84. The molecule has 2 aromatic rings. The van der Waals surface area contributed by atoms with Gasteiger partial charge >= 0.3 is 0 Å². The molecule has 1 aromatic carbocycles. The molecule has 0 unspecified atom stereocenters. The van der Waals surface area contributed by atoms with Gasteiger partial charge in [0, 0.05) is 24.9 Å². The van der Waals surface area contributed by atoms with Gasteiger partial charge in [0.2, 0.25) is 0 Å². The van der Waals surface area contributed by atoms with Gasteiger partial charge in [-0.2, -0.15) is 5.10 Å². The normalized spacial score (nSPS) is 10.9. The van der Waals surface area contributed by atoms with E-state index in [-0.39, 0.29) is 5.91 Å². The molecule has 0 aliphatic heterocycles. The Morgan fingerprint density at radius 2 is 2.15 bits per heavy atom. The third kappa shape index (κ3) is 3.80. The van der Waals surface area contributed by atoms with E-state index in [1.54, 1.807) is 19.3 Å². The van der Waals surface area contributed by atoms with Crippen LogP contribution in [0.2, 0.25) is 0 Å². The number of hydroxylamine groups is 2. The van der Waals surface area contributed by atoms with Gasteiger partial charge in [-0.05, 0) is 11.6 Å². The predicted molar refractivity (Wildman–Crippen MR) is 76.6 cm³/mol. The zero-order chi connectivity index (χ0) is 14.4. The summed E-state index contributed by atoms with van der Waals surface area (Å²) in [5.74, 6) is -0.219. The van der Waals surface area contributed by atoms with Crippen LogP contribution in [0.1, 0.15) is 11.1 Å². The molecule has 5 nitrogen and oxygen atoms in total. The summed E-state index contributed by atoms with van der Waals surface area (Å²) in [4.78, 5) is 16.3. The van der Waals surface area contributed by atoms with Gasteiger partial charge in [-0.1, -0.05) is 30.3 Å². The van der Waals surface area contributed by atoms with Crippen molar-refractivity contribution in [3.05, 3.63) is 59.9 Å². The molecular weight excluding hydrogens is 254 g/mol. The molecule has 1 amide bonds. The monoisotopic (exact) mass is 271 g/mol. The zero-order valence-corrected chi connectivity index (χ0v) is 11.6. The van der Waals surface area contributed by atoms with Crippen LogP contribution < -0.4 is 0 Å². The van der Waals surface area contributed by atoms with Crippen molar-refractivity contribution in [1.29, 1.82) is 0 Å². The maximum atomic E-state index is 11.5. The van der Waals surface area contributed by atoms with Crippen molar-refractivity contribution in [2.75, 3.05) is 14.2 Å². The van der Waals surface area contributed by atoms with E-state index in [4.69, 9.17) is 4.84 Å². The Morgan fingerprint density at radius 1 is 1.40 bits per heavy atom. The summed E-state index contributed by atoms with van der Waals surface area (Å²) in [5, 5.41) is 5.42. The van der Waals surface area contributed by atoms with Crippen LogP contribution in [-0.4, -0.2) is 34.9 Å². The quantitative estimate of drug-likeness (QED) is 0.617. The molecule has 0 N–H and O–H groups in total. The van der Waals surface area contributed by atoms with Crippen molar-refractivity contribution in [1.82, 2.24) is 14.8 Å². The molecule has 104 valence electrons. The highest BCUT2D eigenvalue weighted by Crippen LogP contribution is 2.05. The molecule has 1 aromatic heterocycles. The molecule has 0 saturated carbocycles. The minimum absolute atomic E-state index is 0.219. The van der Waals surface area contributed by atoms with Gasteiger partial charge in [0.25, 0.3) is 5.91 Å². The number of amides is 1. The van der Waals surface area contributed by atoms with Crippen LogP contribution in [0.3, 0.4) is 0 Å². The second kappa shape index (κ2) is 6.68. The highest BCUT2D eigenvalue weighted by Gasteiger charge is 2.03. The number of likely N-dealkylation sites (N-methyl/N-ethyl adjacent to an activating group) is 1. The van der Waals surface area contributed by atoms with E-state index in [2.05, 4.69) is 5.10 Å². The summed E-state index contributed by atoms with van der Waals surface area (Å²) in [6.07, 6.45) is 6.78.